The topological polar surface area (TPSA) is 75.5 Å². The van der Waals surface area contributed by atoms with Crippen LogP contribution >= 0.6 is 0 Å². The molecule has 1 fully saturated rings. The van der Waals surface area contributed by atoms with Crippen LogP contribution in [0.2, 0.25) is 0 Å². The Morgan fingerprint density at radius 1 is 0.900 bits per heavy atom. The van der Waals surface area contributed by atoms with Crippen LogP contribution in [-0.2, 0) is 10.0 Å². The summed E-state index contributed by atoms with van der Waals surface area (Å²) in [4.78, 5) is 14.5. The molecule has 4 rings (SSSR count). The number of piperazine rings is 1. The highest BCUT2D eigenvalue weighted by Crippen LogP contribution is 2.22. The summed E-state index contributed by atoms with van der Waals surface area (Å²) in [5.41, 5.74) is 0.850. The Hall–Kier alpha value is -3.04. The van der Waals surface area contributed by atoms with Gasteiger partial charge < -0.3 is 4.90 Å². The number of sulfonamides is 1. The standard InChI is InChI=1S/C21H21FN4O3S/c1-16-4-2-3-5-19(16)30(28,29)25-14-12-24(13-15-25)20-10-11-21(27)26(23-20)18-8-6-17(22)7-9-18/h2-11H,12-15H2,1H3. The van der Waals surface area contributed by atoms with Gasteiger partial charge in [0.25, 0.3) is 5.56 Å². The molecule has 7 nitrogen and oxygen atoms in total. The van der Waals surface area contributed by atoms with Crippen LogP contribution in [0, 0.1) is 12.7 Å². The zero-order valence-corrected chi connectivity index (χ0v) is 17.2. The molecule has 0 N–H and O–H groups in total. The first-order valence-electron chi connectivity index (χ1n) is 9.53. The van der Waals surface area contributed by atoms with Crippen LogP contribution in [0.25, 0.3) is 5.69 Å². The van der Waals surface area contributed by atoms with Gasteiger partial charge in [0.05, 0.1) is 10.6 Å². The average molecular weight is 428 g/mol. The SMILES string of the molecule is Cc1ccccc1S(=O)(=O)N1CCN(c2ccc(=O)n(-c3ccc(F)cc3)n2)CC1. The van der Waals surface area contributed by atoms with E-state index in [1.807, 2.05) is 11.0 Å². The number of rotatable bonds is 4. The first-order chi connectivity index (χ1) is 14.4. The van der Waals surface area contributed by atoms with Gasteiger partial charge >= 0.3 is 0 Å². The van der Waals surface area contributed by atoms with Gasteiger partial charge in [-0.05, 0) is 48.9 Å². The van der Waals surface area contributed by atoms with Crippen LogP contribution in [-0.4, -0.2) is 48.7 Å². The molecule has 0 unspecified atom stereocenters. The lowest BCUT2D eigenvalue weighted by Gasteiger charge is -2.34. The van der Waals surface area contributed by atoms with Gasteiger partial charge in [0.2, 0.25) is 10.0 Å². The number of aromatic nitrogens is 2. The lowest BCUT2D eigenvalue weighted by atomic mass is 10.2. The Balaban J connectivity index is 1.53. The maximum absolute atomic E-state index is 13.2. The molecule has 9 heteroatoms. The second-order valence-electron chi connectivity index (χ2n) is 7.07. The van der Waals surface area contributed by atoms with E-state index >= 15 is 0 Å². The van der Waals surface area contributed by atoms with E-state index < -0.39 is 15.8 Å². The summed E-state index contributed by atoms with van der Waals surface area (Å²) in [6.07, 6.45) is 0. The first-order valence-corrected chi connectivity index (χ1v) is 11.0. The largest absolute Gasteiger partial charge is 0.353 e. The Labute approximate surface area is 174 Å². The maximum Gasteiger partial charge on any atom is 0.271 e. The highest BCUT2D eigenvalue weighted by Gasteiger charge is 2.30. The molecule has 0 amide bonds. The molecule has 30 heavy (non-hydrogen) atoms. The highest BCUT2D eigenvalue weighted by atomic mass is 32.2. The monoisotopic (exact) mass is 428 g/mol. The lowest BCUT2D eigenvalue weighted by molar-refractivity contribution is 0.383. The highest BCUT2D eigenvalue weighted by molar-refractivity contribution is 7.89. The summed E-state index contributed by atoms with van der Waals surface area (Å²) in [7, 11) is -3.56. The third kappa shape index (κ3) is 3.86. The molecule has 0 atom stereocenters. The van der Waals surface area contributed by atoms with E-state index in [-0.39, 0.29) is 5.56 Å². The number of benzene rings is 2. The Kier molecular flexibility index (Phi) is 5.40. The van der Waals surface area contributed by atoms with Crippen molar-refractivity contribution >= 4 is 15.8 Å². The summed E-state index contributed by atoms with van der Waals surface area (Å²) >= 11 is 0. The molecule has 0 radical (unpaired) electrons. The van der Waals surface area contributed by atoms with Crippen molar-refractivity contribution in [3.8, 4) is 5.69 Å². The number of hydrogen-bond acceptors (Lipinski definition) is 5. The van der Waals surface area contributed by atoms with E-state index in [0.29, 0.717) is 48.1 Å². The van der Waals surface area contributed by atoms with Crippen molar-refractivity contribution in [3.05, 3.63) is 82.4 Å². The fourth-order valence-corrected chi connectivity index (χ4v) is 5.13. The van der Waals surface area contributed by atoms with Crippen LogP contribution in [0.1, 0.15) is 5.56 Å². The average Bonchev–Trinajstić information content (AvgIpc) is 2.75. The predicted octanol–water partition coefficient (Wildman–Crippen LogP) is 2.19. The molecule has 1 aliphatic heterocycles. The second kappa shape index (κ2) is 8.00. The van der Waals surface area contributed by atoms with E-state index in [9.17, 15) is 17.6 Å². The number of aryl methyl sites for hydroxylation is 1. The minimum atomic E-state index is -3.56. The Morgan fingerprint density at radius 3 is 2.23 bits per heavy atom. The molecule has 1 aromatic heterocycles. The molecular weight excluding hydrogens is 407 g/mol. The quantitative estimate of drug-likeness (QED) is 0.637. The third-order valence-corrected chi connectivity index (χ3v) is 7.19. The molecule has 1 aliphatic rings. The molecule has 2 aromatic carbocycles. The van der Waals surface area contributed by atoms with Crippen molar-refractivity contribution in [3.63, 3.8) is 0 Å². The Bertz CT molecular complexity index is 1220. The summed E-state index contributed by atoms with van der Waals surface area (Å²) < 4.78 is 41.8. The van der Waals surface area contributed by atoms with Crippen LogP contribution in [0.5, 0.6) is 0 Å². The molecule has 156 valence electrons. The fourth-order valence-electron chi connectivity index (χ4n) is 3.48. The van der Waals surface area contributed by atoms with E-state index in [1.54, 1.807) is 31.2 Å². The number of nitrogens with zero attached hydrogens (tertiary/aromatic N) is 4. The van der Waals surface area contributed by atoms with E-state index in [4.69, 9.17) is 0 Å². The van der Waals surface area contributed by atoms with Crippen LogP contribution in [0.3, 0.4) is 0 Å². The van der Waals surface area contributed by atoms with Gasteiger partial charge in [-0.2, -0.15) is 8.99 Å². The number of hydrogen-bond donors (Lipinski definition) is 0. The van der Waals surface area contributed by atoms with E-state index in [0.717, 1.165) is 0 Å². The molecular formula is C21H21FN4O3S. The maximum atomic E-state index is 13.2. The third-order valence-electron chi connectivity index (χ3n) is 5.13. The van der Waals surface area contributed by atoms with E-state index in [2.05, 4.69) is 5.10 Å². The molecule has 2 heterocycles. The Morgan fingerprint density at radius 2 is 1.57 bits per heavy atom. The van der Waals surface area contributed by atoms with Gasteiger partial charge in [-0.3, -0.25) is 4.79 Å². The molecule has 3 aromatic rings. The van der Waals surface area contributed by atoms with Crippen molar-refractivity contribution in [2.75, 3.05) is 31.1 Å². The number of halogens is 1. The van der Waals surface area contributed by atoms with Crippen molar-refractivity contribution in [1.82, 2.24) is 14.1 Å². The smallest absolute Gasteiger partial charge is 0.271 e. The molecule has 0 bridgehead atoms. The summed E-state index contributed by atoms with van der Waals surface area (Å²) in [5.74, 6) is 0.167. The van der Waals surface area contributed by atoms with Crippen molar-refractivity contribution in [2.24, 2.45) is 0 Å². The van der Waals surface area contributed by atoms with Gasteiger partial charge in [-0.1, -0.05) is 18.2 Å². The minimum Gasteiger partial charge on any atom is -0.353 e. The van der Waals surface area contributed by atoms with Gasteiger partial charge in [-0.25, -0.2) is 12.8 Å². The first kappa shape index (κ1) is 20.2. The zero-order valence-electron chi connectivity index (χ0n) is 16.4. The molecule has 0 spiro atoms. The van der Waals surface area contributed by atoms with Crippen LogP contribution < -0.4 is 10.5 Å². The predicted molar refractivity (Wildman–Crippen MR) is 112 cm³/mol. The lowest BCUT2D eigenvalue weighted by Crippen LogP contribution is -2.49. The molecule has 1 saturated heterocycles. The minimum absolute atomic E-state index is 0.314. The summed E-state index contributed by atoms with van der Waals surface area (Å²) in [5, 5.41) is 4.40. The van der Waals surface area contributed by atoms with Crippen molar-refractivity contribution in [2.45, 2.75) is 11.8 Å². The van der Waals surface area contributed by atoms with Crippen molar-refractivity contribution < 1.29 is 12.8 Å². The van der Waals surface area contributed by atoms with Crippen LogP contribution in [0.15, 0.2) is 70.4 Å². The molecule has 0 saturated carbocycles. The molecule has 0 aliphatic carbocycles. The van der Waals surface area contributed by atoms with Gasteiger partial charge in [0.15, 0.2) is 0 Å². The van der Waals surface area contributed by atoms with Crippen LogP contribution in [0.4, 0.5) is 10.2 Å². The number of anilines is 1. The normalized spacial score (nSPS) is 15.3. The summed E-state index contributed by atoms with van der Waals surface area (Å²) in [6, 6.07) is 15.5. The van der Waals surface area contributed by atoms with Gasteiger partial charge in [0, 0.05) is 32.2 Å². The van der Waals surface area contributed by atoms with Gasteiger partial charge in [0.1, 0.15) is 11.6 Å². The zero-order chi connectivity index (χ0) is 21.3. The second-order valence-corrected chi connectivity index (χ2v) is 8.98. The van der Waals surface area contributed by atoms with E-state index in [1.165, 1.54) is 39.3 Å². The van der Waals surface area contributed by atoms with Gasteiger partial charge in [-0.15, -0.1) is 5.10 Å². The fraction of sp³-hybridized carbons (Fsp3) is 0.238. The van der Waals surface area contributed by atoms with Crippen molar-refractivity contribution in [1.29, 1.82) is 0 Å². The summed E-state index contributed by atoms with van der Waals surface area (Å²) in [6.45, 7) is 3.30.